The normalized spacial score (nSPS) is 11.1. The van der Waals surface area contributed by atoms with E-state index in [1.807, 2.05) is 0 Å². The lowest BCUT2D eigenvalue weighted by Gasteiger charge is -1.96. The Hall–Kier alpha value is -1.35. The van der Waals surface area contributed by atoms with Gasteiger partial charge in [0, 0.05) is 6.42 Å². The molecule has 0 aliphatic heterocycles. The van der Waals surface area contributed by atoms with E-state index in [1.54, 1.807) is 0 Å². The van der Waals surface area contributed by atoms with Gasteiger partial charge in [-0.1, -0.05) is 6.07 Å². The van der Waals surface area contributed by atoms with Crippen LogP contribution in [0.1, 0.15) is 23.4 Å². The lowest BCUT2D eigenvalue weighted by molar-refractivity contribution is 0.796. The highest BCUT2D eigenvalue weighted by atomic mass is 14.9. The monoisotopic (exact) mass is 203 g/mol. The van der Waals surface area contributed by atoms with Crippen molar-refractivity contribution in [2.24, 2.45) is 5.73 Å². The summed E-state index contributed by atoms with van der Waals surface area (Å²) in [6.07, 6.45) is 1.92. The van der Waals surface area contributed by atoms with Crippen molar-refractivity contribution in [1.82, 2.24) is 9.97 Å². The van der Waals surface area contributed by atoms with Gasteiger partial charge >= 0.3 is 0 Å². The molecule has 1 aromatic heterocycles. The molecular formula is C12H17N3. The average molecular weight is 203 g/mol. The van der Waals surface area contributed by atoms with Crippen molar-refractivity contribution < 1.29 is 0 Å². The van der Waals surface area contributed by atoms with Gasteiger partial charge in [0.15, 0.2) is 0 Å². The van der Waals surface area contributed by atoms with E-state index >= 15 is 0 Å². The van der Waals surface area contributed by atoms with E-state index in [1.165, 1.54) is 11.1 Å². The van der Waals surface area contributed by atoms with E-state index < -0.39 is 0 Å². The van der Waals surface area contributed by atoms with Crippen molar-refractivity contribution in [3.8, 4) is 0 Å². The van der Waals surface area contributed by atoms with Gasteiger partial charge in [-0.25, -0.2) is 4.98 Å². The molecule has 0 aliphatic carbocycles. The van der Waals surface area contributed by atoms with Gasteiger partial charge in [0.1, 0.15) is 5.82 Å². The zero-order valence-corrected chi connectivity index (χ0v) is 9.30. The van der Waals surface area contributed by atoms with Crippen molar-refractivity contribution in [3.63, 3.8) is 0 Å². The van der Waals surface area contributed by atoms with Crippen LogP contribution in [0.5, 0.6) is 0 Å². The highest BCUT2D eigenvalue weighted by Crippen LogP contribution is 2.18. The Morgan fingerprint density at radius 2 is 2.13 bits per heavy atom. The zero-order chi connectivity index (χ0) is 10.8. The fourth-order valence-electron chi connectivity index (χ4n) is 1.91. The van der Waals surface area contributed by atoms with Crippen LogP contribution in [0.25, 0.3) is 11.0 Å². The highest BCUT2D eigenvalue weighted by molar-refractivity contribution is 5.79. The average Bonchev–Trinajstić information content (AvgIpc) is 2.57. The first-order valence-corrected chi connectivity index (χ1v) is 5.36. The molecule has 3 N–H and O–H groups in total. The van der Waals surface area contributed by atoms with E-state index in [0.29, 0.717) is 0 Å². The molecule has 0 saturated carbocycles. The van der Waals surface area contributed by atoms with Crippen LogP contribution in [-0.2, 0) is 6.42 Å². The van der Waals surface area contributed by atoms with Crippen LogP contribution in [0.4, 0.5) is 0 Å². The SMILES string of the molecule is Cc1cc(C)c2nc(CCCN)[nH]c2c1. The molecule has 80 valence electrons. The van der Waals surface area contributed by atoms with E-state index in [-0.39, 0.29) is 0 Å². The molecule has 3 nitrogen and oxygen atoms in total. The molecule has 3 heteroatoms. The maximum atomic E-state index is 5.48. The molecule has 0 fully saturated rings. The van der Waals surface area contributed by atoms with Crippen molar-refractivity contribution in [3.05, 3.63) is 29.1 Å². The van der Waals surface area contributed by atoms with Crippen LogP contribution in [-0.4, -0.2) is 16.5 Å². The largest absolute Gasteiger partial charge is 0.342 e. The Kier molecular flexibility index (Phi) is 2.73. The molecule has 0 spiro atoms. The molecule has 2 rings (SSSR count). The van der Waals surface area contributed by atoms with Crippen LogP contribution in [0.2, 0.25) is 0 Å². The Bertz CT molecular complexity index is 471. The number of imidazole rings is 1. The van der Waals surface area contributed by atoms with Crippen molar-refractivity contribution in [2.75, 3.05) is 6.54 Å². The maximum Gasteiger partial charge on any atom is 0.107 e. The summed E-state index contributed by atoms with van der Waals surface area (Å²) in [5, 5.41) is 0. The van der Waals surface area contributed by atoms with Gasteiger partial charge in [-0.3, -0.25) is 0 Å². The third-order valence-corrected chi connectivity index (χ3v) is 2.59. The lowest BCUT2D eigenvalue weighted by atomic mass is 10.1. The molecule has 1 aromatic carbocycles. The summed E-state index contributed by atoms with van der Waals surface area (Å²) in [7, 11) is 0. The third-order valence-electron chi connectivity index (χ3n) is 2.59. The maximum absolute atomic E-state index is 5.48. The Balaban J connectivity index is 2.41. The zero-order valence-electron chi connectivity index (χ0n) is 9.30. The molecular weight excluding hydrogens is 186 g/mol. The number of nitrogens with one attached hydrogen (secondary N) is 1. The predicted molar refractivity (Wildman–Crippen MR) is 62.9 cm³/mol. The minimum Gasteiger partial charge on any atom is -0.342 e. The first-order chi connectivity index (χ1) is 7.20. The van der Waals surface area contributed by atoms with Gasteiger partial charge in [0.2, 0.25) is 0 Å². The van der Waals surface area contributed by atoms with E-state index in [9.17, 15) is 0 Å². The summed E-state index contributed by atoms with van der Waals surface area (Å²) in [5.74, 6) is 1.05. The molecule has 0 radical (unpaired) electrons. The predicted octanol–water partition coefficient (Wildman–Crippen LogP) is 2.07. The second-order valence-corrected chi connectivity index (χ2v) is 4.05. The topological polar surface area (TPSA) is 54.7 Å². The van der Waals surface area contributed by atoms with Crippen LogP contribution in [0.15, 0.2) is 12.1 Å². The lowest BCUT2D eigenvalue weighted by Crippen LogP contribution is -2.01. The van der Waals surface area contributed by atoms with Gasteiger partial charge in [-0.15, -0.1) is 0 Å². The number of nitrogens with two attached hydrogens (primary N) is 1. The number of fused-ring (bicyclic) bond motifs is 1. The van der Waals surface area contributed by atoms with Crippen LogP contribution in [0, 0.1) is 13.8 Å². The molecule has 0 bridgehead atoms. The summed E-state index contributed by atoms with van der Waals surface area (Å²) in [5.41, 5.74) is 10.2. The number of rotatable bonds is 3. The minimum absolute atomic E-state index is 0.717. The molecule has 2 aromatic rings. The summed E-state index contributed by atoms with van der Waals surface area (Å²) < 4.78 is 0. The van der Waals surface area contributed by atoms with E-state index in [4.69, 9.17) is 5.73 Å². The number of hydrogen-bond donors (Lipinski definition) is 2. The molecule has 0 atom stereocenters. The summed E-state index contributed by atoms with van der Waals surface area (Å²) in [4.78, 5) is 7.93. The van der Waals surface area contributed by atoms with E-state index in [2.05, 4.69) is 35.9 Å². The number of aromatic amines is 1. The number of benzene rings is 1. The fraction of sp³-hybridized carbons (Fsp3) is 0.417. The van der Waals surface area contributed by atoms with Crippen molar-refractivity contribution >= 4 is 11.0 Å². The van der Waals surface area contributed by atoms with Crippen LogP contribution < -0.4 is 5.73 Å². The van der Waals surface area contributed by atoms with Gasteiger partial charge < -0.3 is 10.7 Å². The van der Waals surface area contributed by atoms with Crippen LogP contribution in [0.3, 0.4) is 0 Å². The number of nitrogens with zero attached hydrogens (tertiary/aromatic N) is 1. The molecule has 1 heterocycles. The second kappa shape index (κ2) is 4.03. The Labute approximate surface area is 89.7 Å². The molecule has 0 aliphatic rings. The van der Waals surface area contributed by atoms with Gasteiger partial charge in [-0.05, 0) is 44.0 Å². The quantitative estimate of drug-likeness (QED) is 0.802. The van der Waals surface area contributed by atoms with Crippen LogP contribution >= 0.6 is 0 Å². The first-order valence-electron chi connectivity index (χ1n) is 5.36. The van der Waals surface area contributed by atoms with Gasteiger partial charge in [0.05, 0.1) is 11.0 Å². The first kappa shape index (κ1) is 10.2. The number of H-pyrrole nitrogens is 1. The smallest absolute Gasteiger partial charge is 0.107 e. The molecule has 0 unspecified atom stereocenters. The van der Waals surface area contributed by atoms with Crippen molar-refractivity contribution in [2.45, 2.75) is 26.7 Å². The van der Waals surface area contributed by atoms with Gasteiger partial charge in [0.25, 0.3) is 0 Å². The fourth-order valence-corrected chi connectivity index (χ4v) is 1.91. The third kappa shape index (κ3) is 2.02. The number of aryl methyl sites for hydroxylation is 3. The summed E-state index contributed by atoms with van der Waals surface area (Å²) in [6, 6.07) is 4.30. The number of aromatic nitrogens is 2. The highest BCUT2D eigenvalue weighted by Gasteiger charge is 2.05. The molecule has 0 saturated heterocycles. The molecule has 0 amide bonds. The van der Waals surface area contributed by atoms with E-state index in [0.717, 1.165) is 36.2 Å². The number of hydrogen-bond acceptors (Lipinski definition) is 2. The summed E-state index contributed by atoms with van der Waals surface area (Å²) in [6.45, 7) is 4.92. The Morgan fingerprint density at radius 3 is 2.87 bits per heavy atom. The van der Waals surface area contributed by atoms with Crippen molar-refractivity contribution in [1.29, 1.82) is 0 Å². The Morgan fingerprint density at radius 1 is 1.33 bits per heavy atom. The minimum atomic E-state index is 0.717. The van der Waals surface area contributed by atoms with Gasteiger partial charge in [-0.2, -0.15) is 0 Å². The second-order valence-electron chi connectivity index (χ2n) is 4.05. The standard InChI is InChI=1S/C12H17N3/c1-8-6-9(2)12-10(7-8)14-11(15-12)4-3-5-13/h6-7H,3-5,13H2,1-2H3,(H,14,15). The molecule has 15 heavy (non-hydrogen) atoms. The summed E-state index contributed by atoms with van der Waals surface area (Å²) >= 11 is 0.